The number of nitrogen functional groups attached to an aromatic ring is 1. The normalized spacial score (nSPS) is 10.2. The first kappa shape index (κ1) is 11.7. The van der Waals surface area contributed by atoms with Gasteiger partial charge in [-0.25, -0.2) is 9.97 Å². The van der Waals surface area contributed by atoms with Gasteiger partial charge in [-0.05, 0) is 24.3 Å². The van der Waals surface area contributed by atoms with Gasteiger partial charge < -0.3 is 10.5 Å². The second-order valence-corrected chi connectivity index (χ2v) is 3.89. The average molecular weight is 250 g/mol. The highest BCUT2D eigenvalue weighted by molar-refractivity contribution is 6.30. The molecule has 0 saturated heterocycles. The van der Waals surface area contributed by atoms with Crippen molar-refractivity contribution in [3.05, 3.63) is 47.4 Å². The maximum Gasteiger partial charge on any atom is 0.134 e. The molecule has 2 rings (SSSR count). The maximum atomic E-state index is 5.84. The molecule has 1 aromatic carbocycles. The first-order valence-electron chi connectivity index (χ1n) is 5.20. The minimum atomic E-state index is 0.470. The predicted octanol–water partition coefficient (Wildman–Crippen LogP) is 2.33. The average Bonchev–Trinajstić information content (AvgIpc) is 2.29. The predicted molar refractivity (Wildman–Crippen MR) is 67.1 cm³/mol. The lowest BCUT2D eigenvalue weighted by molar-refractivity contribution is 0.319. The van der Waals surface area contributed by atoms with E-state index < -0.39 is 0 Å². The smallest absolute Gasteiger partial charge is 0.134 e. The number of nitrogens with two attached hydrogens (primary N) is 1. The van der Waals surface area contributed by atoms with Crippen LogP contribution in [0.1, 0.15) is 5.82 Å². The highest BCUT2D eigenvalue weighted by Gasteiger charge is 1.99. The van der Waals surface area contributed by atoms with Crippen LogP contribution >= 0.6 is 11.6 Å². The Labute approximate surface area is 104 Å². The van der Waals surface area contributed by atoms with Gasteiger partial charge in [-0.2, -0.15) is 0 Å². The van der Waals surface area contributed by atoms with Crippen LogP contribution in [0.5, 0.6) is 5.75 Å². The minimum absolute atomic E-state index is 0.470. The molecule has 4 nitrogen and oxygen atoms in total. The summed E-state index contributed by atoms with van der Waals surface area (Å²) in [6, 6.07) is 8.92. The van der Waals surface area contributed by atoms with Gasteiger partial charge >= 0.3 is 0 Å². The van der Waals surface area contributed by atoms with Crippen molar-refractivity contribution in [1.29, 1.82) is 0 Å². The summed E-state index contributed by atoms with van der Waals surface area (Å²) in [4.78, 5) is 8.17. The van der Waals surface area contributed by atoms with E-state index in [2.05, 4.69) is 9.97 Å². The van der Waals surface area contributed by atoms with Crippen LogP contribution in [0.15, 0.2) is 36.5 Å². The SMILES string of the molecule is Nc1ccnc(CCOc2cccc(Cl)c2)n1. The molecule has 0 aliphatic heterocycles. The lowest BCUT2D eigenvalue weighted by atomic mass is 10.3. The van der Waals surface area contributed by atoms with Crippen LogP contribution in [0.3, 0.4) is 0 Å². The van der Waals surface area contributed by atoms with Gasteiger partial charge in [-0.1, -0.05) is 17.7 Å². The van der Waals surface area contributed by atoms with E-state index in [1.54, 1.807) is 24.4 Å². The fourth-order valence-corrected chi connectivity index (χ4v) is 1.53. The third-order valence-corrected chi connectivity index (χ3v) is 2.35. The highest BCUT2D eigenvalue weighted by Crippen LogP contribution is 2.17. The van der Waals surface area contributed by atoms with Crippen LogP contribution < -0.4 is 10.5 Å². The first-order valence-corrected chi connectivity index (χ1v) is 5.57. The van der Waals surface area contributed by atoms with Gasteiger partial charge in [0.1, 0.15) is 17.4 Å². The second-order valence-electron chi connectivity index (χ2n) is 3.45. The molecule has 2 aromatic rings. The molecule has 17 heavy (non-hydrogen) atoms. The van der Waals surface area contributed by atoms with Gasteiger partial charge in [0.15, 0.2) is 0 Å². The van der Waals surface area contributed by atoms with Crippen LogP contribution in [0, 0.1) is 0 Å². The van der Waals surface area contributed by atoms with E-state index in [1.165, 1.54) is 0 Å². The van der Waals surface area contributed by atoms with Crippen LogP contribution in [0.2, 0.25) is 5.02 Å². The molecule has 0 atom stereocenters. The molecule has 88 valence electrons. The summed E-state index contributed by atoms with van der Waals surface area (Å²) in [5, 5.41) is 0.655. The van der Waals surface area contributed by atoms with Crippen LogP contribution in [0.4, 0.5) is 5.82 Å². The van der Waals surface area contributed by atoms with E-state index in [0.29, 0.717) is 29.7 Å². The molecule has 0 radical (unpaired) electrons. The molecule has 0 saturated carbocycles. The number of halogens is 1. The number of rotatable bonds is 4. The van der Waals surface area contributed by atoms with Crippen molar-refractivity contribution >= 4 is 17.4 Å². The van der Waals surface area contributed by atoms with Gasteiger partial charge in [0.2, 0.25) is 0 Å². The van der Waals surface area contributed by atoms with Crippen molar-refractivity contribution in [2.24, 2.45) is 0 Å². The van der Waals surface area contributed by atoms with Crippen LogP contribution in [-0.4, -0.2) is 16.6 Å². The largest absolute Gasteiger partial charge is 0.493 e. The van der Waals surface area contributed by atoms with Crippen molar-refractivity contribution < 1.29 is 4.74 Å². The summed E-state index contributed by atoms with van der Waals surface area (Å²) in [5.41, 5.74) is 5.55. The number of benzene rings is 1. The number of anilines is 1. The van der Waals surface area contributed by atoms with E-state index >= 15 is 0 Å². The lowest BCUT2D eigenvalue weighted by Crippen LogP contribution is -2.06. The molecule has 0 spiro atoms. The highest BCUT2D eigenvalue weighted by atomic mass is 35.5. The van der Waals surface area contributed by atoms with Gasteiger partial charge in [0, 0.05) is 17.6 Å². The summed E-state index contributed by atoms with van der Waals surface area (Å²) in [5.74, 6) is 1.88. The Hall–Kier alpha value is -1.81. The Morgan fingerprint density at radius 3 is 2.94 bits per heavy atom. The summed E-state index contributed by atoms with van der Waals surface area (Å²) in [6.07, 6.45) is 2.24. The van der Waals surface area contributed by atoms with E-state index in [0.717, 1.165) is 5.75 Å². The number of nitrogens with zero attached hydrogens (tertiary/aromatic N) is 2. The molecule has 2 N–H and O–H groups in total. The molecule has 1 aromatic heterocycles. The molecule has 0 aliphatic rings. The van der Waals surface area contributed by atoms with E-state index in [9.17, 15) is 0 Å². The molecule has 0 aliphatic carbocycles. The molecular formula is C12H12ClN3O. The molecule has 5 heteroatoms. The van der Waals surface area contributed by atoms with Crippen LogP contribution in [-0.2, 0) is 6.42 Å². The van der Waals surface area contributed by atoms with Gasteiger partial charge in [-0.3, -0.25) is 0 Å². The summed E-state index contributed by atoms with van der Waals surface area (Å²) in [6.45, 7) is 0.490. The number of aromatic nitrogens is 2. The summed E-state index contributed by atoms with van der Waals surface area (Å²) < 4.78 is 5.53. The third kappa shape index (κ3) is 3.60. The van der Waals surface area contributed by atoms with Crippen molar-refractivity contribution in [3.8, 4) is 5.75 Å². The summed E-state index contributed by atoms with van der Waals surface area (Å²) >= 11 is 5.84. The quantitative estimate of drug-likeness (QED) is 0.904. The standard InChI is InChI=1S/C12H12ClN3O/c13-9-2-1-3-10(8-9)17-7-5-12-15-6-4-11(14)16-12/h1-4,6,8H,5,7H2,(H2,14,15,16). The van der Waals surface area contributed by atoms with Crippen molar-refractivity contribution in [1.82, 2.24) is 9.97 Å². The molecule has 1 heterocycles. The van der Waals surface area contributed by atoms with Crippen molar-refractivity contribution in [2.45, 2.75) is 6.42 Å². The summed E-state index contributed by atoms with van der Waals surface area (Å²) in [7, 11) is 0. The number of hydrogen-bond acceptors (Lipinski definition) is 4. The number of ether oxygens (including phenoxy) is 1. The lowest BCUT2D eigenvalue weighted by Gasteiger charge is -2.05. The zero-order chi connectivity index (χ0) is 12.1. The zero-order valence-corrected chi connectivity index (χ0v) is 9.89. The topological polar surface area (TPSA) is 61.0 Å². The van der Waals surface area contributed by atoms with Gasteiger partial charge in [0.05, 0.1) is 6.61 Å². The zero-order valence-electron chi connectivity index (χ0n) is 9.14. The Bertz CT molecular complexity index is 459. The van der Waals surface area contributed by atoms with E-state index in [-0.39, 0.29) is 0 Å². The fraction of sp³-hybridized carbons (Fsp3) is 0.167. The maximum absolute atomic E-state index is 5.84. The second kappa shape index (κ2) is 5.50. The van der Waals surface area contributed by atoms with Crippen molar-refractivity contribution in [2.75, 3.05) is 12.3 Å². The van der Waals surface area contributed by atoms with E-state index in [1.807, 2.05) is 12.1 Å². The Morgan fingerprint density at radius 1 is 1.29 bits per heavy atom. The van der Waals surface area contributed by atoms with Gasteiger partial charge in [-0.15, -0.1) is 0 Å². The Morgan fingerprint density at radius 2 is 2.18 bits per heavy atom. The van der Waals surface area contributed by atoms with Crippen molar-refractivity contribution in [3.63, 3.8) is 0 Å². The van der Waals surface area contributed by atoms with Crippen LogP contribution in [0.25, 0.3) is 0 Å². The molecule has 0 unspecified atom stereocenters. The Kier molecular flexibility index (Phi) is 3.77. The monoisotopic (exact) mass is 249 g/mol. The van der Waals surface area contributed by atoms with E-state index in [4.69, 9.17) is 22.1 Å². The third-order valence-electron chi connectivity index (χ3n) is 2.12. The Balaban J connectivity index is 1.87. The molecular weight excluding hydrogens is 238 g/mol. The molecule has 0 bridgehead atoms. The first-order chi connectivity index (χ1) is 8.24. The minimum Gasteiger partial charge on any atom is -0.493 e. The molecule has 0 amide bonds. The fourth-order valence-electron chi connectivity index (χ4n) is 1.35. The molecule has 0 fully saturated rings. The number of hydrogen-bond donors (Lipinski definition) is 1. The van der Waals surface area contributed by atoms with Gasteiger partial charge in [0.25, 0.3) is 0 Å².